The zero-order chi connectivity index (χ0) is 21.7. The van der Waals surface area contributed by atoms with Crippen molar-refractivity contribution in [3.05, 3.63) is 51.8 Å². The molecule has 0 amide bonds. The Hall–Kier alpha value is -2.63. The summed E-state index contributed by atoms with van der Waals surface area (Å²) in [7, 11) is 0. The van der Waals surface area contributed by atoms with E-state index < -0.39 is 0 Å². The van der Waals surface area contributed by atoms with Gasteiger partial charge in [-0.25, -0.2) is 9.97 Å². The molecule has 2 aromatic rings. The van der Waals surface area contributed by atoms with E-state index in [0.29, 0.717) is 40.0 Å². The molecular weight excluding hydrogens is 394 g/mol. The summed E-state index contributed by atoms with van der Waals surface area (Å²) in [5.74, 6) is 1.82. The Kier molecular flexibility index (Phi) is 6.95. The highest BCUT2D eigenvalue weighted by Crippen LogP contribution is 2.44. The fourth-order valence-electron chi connectivity index (χ4n) is 4.25. The predicted molar refractivity (Wildman–Crippen MR) is 119 cm³/mol. The van der Waals surface area contributed by atoms with Crippen molar-refractivity contribution in [2.45, 2.75) is 52.9 Å². The van der Waals surface area contributed by atoms with Gasteiger partial charge in [-0.05, 0) is 67.1 Å². The minimum atomic E-state index is 0.326. The van der Waals surface area contributed by atoms with Gasteiger partial charge in [-0.1, -0.05) is 38.4 Å². The van der Waals surface area contributed by atoms with E-state index in [9.17, 15) is 5.26 Å². The van der Waals surface area contributed by atoms with Gasteiger partial charge in [0.25, 0.3) is 0 Å². The molecule has 0 aliphatic heterocycles. The molecule has 3 rings (SSSR count). The molecule has 1 aromatic heterocycles. The lowest BCUT2D eigenvalue weighted by Crippen LogP contribution is -2.31. The Bertz CT molecular complexity index is 986. The first-order valence-electron chi connectivity index (χ1n) is 10.5. The molecule has 1 aliphatic carbocycles. The number of aromatic nitrogens is 2. The largest absolute Gasteiger partial charge is 0.354 e. The smallest absolute Gasteiger partial charge is 0.222 e. The van der Waals surface area contributed by atoms with Crippen LogP contribution in [-0.2, 0) is 12.8 Å². The van der Waals surface area contributed by atoms with E-state index in [4.69, 9.17) is 16.9 Å². The summed E-state index contributed by atoms with van der Waals surface area (Å²) in [6, 6.07) is 9.78. The molecule has 1 aromatic carbocycles. The molecule has 1 N–H and O–H groups in total. The van der Waals surface area contributed by atoms with Gasteiger partial charge in [0.15, 0.2) is 0 Å². The van der Waals surface area contributed by atoms with Gasteiger partial charge in [-0.3, -0.25) is 0 Å². The first kappa shape index (κ1) is 22.1. The summed E-state index contributed by atoms with van der Waals surface area (Å²) in [5, 5.41) is 22.2. The minimum absolute atomic E-state index is 0.326. The first-order chi connectivity index (χ1) is 14.3. The molecule has 1 aliphatic rings. The monoisotopic (exact) mass is 421 g/mol. The van der Waals surface area contributed by atoms with Crippen LogP contribution in [-0.4, -0.2) is 16.5 Å². The molecule has 1 fully saturated rings. The van der Waals surface area contributed by atoms with Crippen LogP contribution in [0.5, 0.6) is 0 Å². The number of nitriles is 2. The van der Waals surface area contributed by atoms with Crippen molar-refractivity contribution in [1.82, 2.24) is 9.97 Å². The average Bonchev–Trinajstić information content (AvgIpc) is 2.71. The highest BCUT2D eigenvalue weighted by atomic mass is 35.5. The molecule has 30 heavy (non-hydrogen) atoms. The van der Waals surface area contributed by atoms with Crippen LogP contribution in [0.2, 0.25) is 5.02 Å². The zero-order valence-electron chi connectivity index (χ0n) is 17.9. The summed E-state index contributed by atoms with van der Waals surface area (Å²) in [6.07, 6.45) is 6.75. The number of benzene rings is 1. The van der Waals surface area contributed by atoms with E-state index >= 15 is 0 Å². The Morgan fingerprint density at radius 3 is 2.63 bits per heavy atom. The molecule has 0 bridgehead atoms. The number of nitrogens with one attached hydrogen (secondary N) is 1. The average molecular weight is 422 g/mol. The maximum absolute atomic E-state index is 9.49. The zero-order valence-corrected chi connectivity index (χ0v) is 18.6. The second-order valence-electron chi connectivity index (χ2n) is 9.01. The minimum Gasteiger partial charge on any atom is -0.354 e. The van der Waals surface area contributed by atoms with E-state index in [1.165, 1.54) is 12.8 Å². The highest BCUT2D eigenvalue weighted by molar-refractivity contribution is 6.31. The van der Waals surface area contributed by atoms with E-state index in [0.717, 1.165) is 36.4 Å². The van der Waals surface area contributed by atoms with Gasteiger partial charge >= 0.3 is 0 Å². The topological polar surface area (TPSA) is 85.4 Å². The molecule has 0 radical (unpaired) electrons. The number of halogens is 1. The number of hydrogen-bond acceptors (Lipinski definition) is 5. The van der Waals surface area contributed by atoms with Crippen molar-refractivity contribution in [2.24, 2.45) is 17.3 Å². The van der Waals surface area contributed by atoms with Crippen molar-refractivity contribution >= 4 is 17.5 Å². The quantitative estimate of drug-likeness (QED) is 0.662. The lowest BCUT2D eigenvalue weighted by molar-refractivity contribution is 0.107. The Balaban J connectivity index is 1.64. The van der Waals surface area contributed by atoms with Crippen LogP contribution in [0.25, 0.3) is 0 Å². The second-order valence-corrected chi connectivity index (χ2v) is 9.42. The molecule has 6 heteroatoms. The van der Waals surface area contributed by atoms with Gasteiger partial charge in [-0.2, -0.15) is 10.5 Å². The molecule has 1 heterocycles. The Morgan fingerprint density at radius 2 is 1.97 bits per heavy atom. The fraction of sp³-hybridized carbons (Fsp3) is 0.500. The van der Waals surface area contributed by atoms with Crippen LogP contribution in [0.15, 0.2) is 24.4 Å². The summed E-state index contributed by atoms with van der Waals surface area (Å²) in [4.78, 5) is 8.97. The van der Waals surface area contributed by atoms with E-state index in [2.05, 4.69) is 48.2 Å². The Morgan fingerprint density at radius 1 is 1.20 bits per heavy atom. The molecule has 0 spiro atoms. The Labute approximate surface area is 184 Å². The molecule has 0 saturated heterocycles. The van der Waals surface area contributed by atoms with Crippen LogP contribution in [0.4, 0.5) is 5.95 Å². The molecule has 2 atom stereocenters. The summed E-state index contributed by atoms with van der Waals surface area (Å²) >= 11 is 6.10. The maximum Gasteiger partial charge on any atom is 0.222 e. The summed E-state index contributed by atoms with van der Waals surface area (Å²) < 4.78 is 0. The van der Waals surface area contributed by atoms with Crippen LogP contribution in [0, 0.1) is 39.9 Å². The van der Waals surface area contributed by atoms with Gasteiger partial charge < -0.3 is 5.32 Å². The van der Waals surface area contributed by atoms with Crippen LogP contribution < -0.4 is 5.32 Å². The SMILES string of the molecule is C[C@H]1CC[C@@H](Cc2nc(NCCc3ccc(C#N)c(Cl)c3)ncc2C#N)CC1(C)C. The normalized spacial score (nSPS) is 20.2. The summed E-state index contributed by atoms with van der Waals surface area (Å²) in [5.41, 5.74) is 3.25. The third kappa shape index (κ3) is 5.29. The lowest BCUT2D eigenvalue weighted by atomic mass is 9.65. The van der Waals surface area contributed by atoms with Gasteiger partial charge in [0.1, 0.15) is 12.1 Å². The fourth-order valence-corrected chi connectivity index (χ4v) is 4.49. The van der Waals surface area contributed by atoms with Crippen LogP contribution >= 0.6 is 11.6 Å². The molecule has 1 saturated carbocycles. The first-order valence-corrected chi connectivity index (χ1v) is 10.9. The summed E-state index contributed by atoms with van der Waals surface area (Å²) in [6.45, 7) is 7.67. The highest BCUT2D eigenvalue weighted by Gasteiger charge is 2.34. The number of hydrogen-bond donors (Lipinski definition) is 1. The maximum atomic E-state index is 9.49. The van der Waals surface area contributed by atoms with Crippen LogP contribution in [0.3, 0.4) is 0 Å². The van der Waals surface area contributed by atoms with E-state index in [-0.39, 0.29) is 0 Å². The number of nitrogens with zero attached hydrogens (tertiary/aromatic N) is 4. The second kappa shape index (κ2) is 9.45. The van der Waals surface area contributed by atoms with Crippen molar-refractivity contribution < 1.29 is 0 Å². The number of rotatable bonds is 6. The van der Waals surface area contributed by atoms with Gasteiger partial charge in [0, 0.05) is 6.54 Å². The van der Waals surface area contributed by atoms with Gasteiger partial charge in [0.2, 0.25) is 5.95 Å². The van der Waals surface area contributed by atoms with E-state index in [1.807, 2.05) is 12.1 Å². The third-order valence-corrected chi connectivity index (χ3v) is 6.79. The lowest BCUT2D eigenvalue weighted by Gasteiger charge is -2.40. The molecular formula is C24H28ClN5. The van der Waals surface area contributed by atoms with Gasteiger partial charge in [0.05, 0.1) is 28.0 Å². The molecule has 5 nitrogen and oxygen atoms in total. The van der Waals surface area contributed by atoms with Gasteiger partial charge in [-0.15, -0.1) is 0 Å². The van der Waals surface area contributed by atoms with Crippen molar-refractivity contribution in [3.8, 4) is 12.1 Å². The molecule has 0 unspecified atom stereocenters. The van der Waals surface area contributed by atoms with Crippen LogP contribution in [0.1, 0.15) is 62.4 Å². The van der Waals surface area contributed by atoms with Crippen molar-refractivity contribution in [1.29, 1.82) is 10.5 Å². The standard InChI is InChI=1S/C24H28ClN5/c1-16-4-5-18(12-24(16,2)3)11-22-20(14-27)15-29-23(30-22)28-9-8-17-6-7-19(13-26)21(25)10-17/h6-7,10,15-16,18H,4-5,8-9,11-12H2,1-3H3,(H,28,29,30)/t16-,18-/m0/s1. The predicted octanol–water partition coefficient (Wildman–Crippen LogP) is 5.53. The van der Waals surface area contributed by atoms with E-state index in [1.54, 1.807) is 12.3 Å². The third-order valence-electron chi connectivity index (χ3n) is 6.48. The van der Waals surface area contributed by atoms with Crippen molar-refractivity contribution in [3.63, 3.8) is 0 Å². The number of anilines is 1. The van der Waals surface area contributed by atoms with Crippen molar-refractivity contribution in [2.75, 3.05) is 11.9 Å². The molecule has 156 valence electrons.